The number of ether oxygens (including phenoxy) is 2. The molecule has 6 nitrogen and oxygen atoms in total. The summed E-state index contributed by atoms with van der Waals surface area (Å²) in [5.74, 6) is 1.52. The van der Waals surface area contributed by atoms with Gasteiger partial charge in [-0.1, -0.05) is 18.2 Å². The standard InChI is InChI=1S/C27H32N2O4S/c1-27(2,15-19-16-28-24-10-9-21(14-23(19)24)32-12-11-30)29-17-20(31)18-33-25-7-4-3-6-22(25)26-8-5-13-34-26/h3-10,13-14,16,20,28-31H,11-12,15,17-18H2,1-2H3. The molecule has 0 saturated heterocycles. The Kier molecular flexibility index (Phi) is 7.90. The van der Waals surface area contributed by atoms with Crippen molar-refractivity contribution in [1.29, 1.82) is 0 Å². The third-order valence-corrected chi connectivity index (χ3v) is 6.56. The van der Waals surface area contributed by atoms with Crippen LogP contribution in [0.15, 0.2) is 66.2 Å². The molecule has 0 bridgehead atoms. The molecule has 0 aliphatic carbocycles. The lowest BCUT2D eigenvalue weighted by Gasteiger charge is -2.28. The van der Waals surface area contributed by atoms with Crippen LogP contribution in [0.5, 0.6) is 11.5 Å². The number of thiophene rings is 1. The Balaban J connectivity index is 1.33. The Bertz CT molecular complexity index is 1190. The van der Waals surface area contributed by atoms with Gasteiger partial charge in [-0.3, -0.25) is 0 Å². The number of fused-ring (bicyclic) bond motifs is 1. The summed E-state index contributed by atoms with van der Waals surface area (Å²) in [5, 5.41) is 26.2. The van der Waals surface area contributed by atoms with Crippen molar-refractivity contribution in [2.75, 3.05) is 26.4 Å². The summed E-state index contributed by atoms with van der Waals surface area (Å²) in [5.41, 5.74) is 3.00. The minimum atomic E-state index is -0.642. The van der Waals surface area contributed by atoms with Crippen molar-refractivity contribution in [3.05, 3.63) is 71.7 Å². The minimum Gasteiger partial charge on any atom is -0.491 e. The van der Waals surface area contributed by atoms with E-state index in [9.17, 15) is 5.11 Å². The van der Waals surface area contributed by atoms with Crippen molar-refractivity contribution in [1.82, 2.24) is 10.3 Å². The molecular weight excluding hydrogens is 448 g/mol. The lowest BCUT2D eigenvalue weighted by Crippen LogP contribution is -2.46. The molecule has 2 heterocycles. The van der Waals surface area contributed by atoms with E-state index in [-0.39, 0.29) is 25.4 Å². The predicted molar refractivity (Wildman–Crippen MR) is 138 cm³/mol. The highest BCUT2D eigenvalue weighted by Gasteiger charge is 2.21. The van der Waals surface area contributed by atoms with Crippen molar-refractivity contribution in [3.63, 3.8) is 0 Å². The topological polar surface area (TPSA) is 86.7 Å². The maximum atomic E-state index is 10.6. The van der Waals surface area contributed by atoms with Crippen molar-refractivity contribution < 1.29 is 19.7 Å². The molecule has 1 atom stereocenters. The Morgan fingerprint density at radius 2 is 1.94 bits per heavy atom. The zero-order valence-corrected chi connectivity index (χ0v) is 20.4. The number of H-pyrrole nitrogens is 1. The highest BCUT2D eigenvalue weighted by Crippen LogP contribution is 2.33. The van der Waals surface area contributed by atoms with Crippen LogP contribution in [-0.2, 0) is 6.42 Å². The van der Waals surface area contributed by atoms with Gasteiger partial charge in [0, 0.05) is 39.6 Å². The van der Waals surface area contributed by atoms with Gasteiger partial charge in [0.15, 0.2) is 0 Å². The Morgan fingerprint density at radius 3 is 2.74 bits per heavy atom. The monoisotopic (exact) mass is 480 g/mol. The fraction of sp³-hybridized carbons (Fsp3) is 0.333. The lowest BCUT2D eigenvalue weighted by atomic mass is 9.94. The maximum Gasteiger partial charge on any atom is 0.128 e. The third kappa shape index (κ3) is 6.18. The molecule has 0 aliphatic rings. The van der Waals surface area contributed by atoms with Gasteiger partial charge in [0.1, 0.15) is 30.8 Å². The average Bonchev–Trinajstić information content (AvgIpc) is 3.51. The zero-order chi connectivity index (χ0) is 24.0. The number of aliphatic hydroxyl groups excluding tert-OH is 2. The Morgan fingerprint density at radius 1 is 1.09 bits per heavy atom. The number of hydrogen-bond donors (Lipinski definition) is 4. The number of nitrogens with one attached hydrogen (secondary N) is 2. The maximum absolute atomic E-state index is 10.6. The molecule has 180 valence electrons. The summed E-state index contributed by atoms with van der Waals surface area (Å²) in [7, 11) is 0. The number of aromatic amines is 1. The van der Waals surface area contributed by atoms with Crippen molar-refractivity contribution in [2.24, 2.45) is 0 Å². The minimum absolute atomic E-state index is 0.0133. The van der Waals surface area contributed by atoms with E-state index in [0.29, 0.717) is 6.54 Å². The molecule has 2 aromatic carbocycles. The first-order chi connectivity index (χ1) is 16.4. The fourth-order valence-corrected chi connectivity index (χ4v) is 4.72. The second-order valence-corrected chi connectivity index (χ2v) is 9.92. The molecule has 0 spiro atoms. The van der Waals surface area contributed by atoms with Crippen molar-refractivity contribution in [2.45, 2.75) is 31.9 Å². The van der Waals surface area contributed by atoms with E-state index in [1.54, 1.807) is 11.3 Å². The van der Waals surface area contributed by atoms with Gasteiger partial charge >= 0.3 is 0 Å². The molecular formula is C27H32N2O4S. The van der Waals surface area contributed by atoms with Crippen LogP contribution in [0, 0.1) is 0 Å². The fourth-order valence-electron chi connectivity index (χ4n) is 3.96. The van der Waals surface area contributed by atoms with Gasteiger partial charge in [0.2, 0.25) is 0 Å². The van der Waals surface area contributed by atoms with Gasteiger partial charge in [-0.15, -0.1) is 11.3 Å². The normalized spacial score (nSPS) is 12.7. The first kappa shape index (κ1) is 24.3. The van der Waals surface area contributed by atoms with Crippen LogP contribution in [-0.4, -0.2) is 53.2 Å². The molecule has 34 heavy (non-hydrogen) atoms. The Hall–Kier alpha value is -2.84. The van der Waals surface area contributed by atoms with Crippen molar-refractivity contribution in [3.8, 4) is 21.9 Å². The van der Waals surface area contributed by atoms with E-state index < -0.39 is 6.10 Å². The average molecular weight is 481 g/mol. The van der Waals surface area contributed by atoms with Crippen LogP contribution < -0.4 is 14.8 Å². The molecule has 0 saturated carbocycles. The summed E-state index contributed by atoms with van der Waals surface area (Å²) in [6.07, 6.45) is 2.15. The van der Waals surface area contributed by atoms with E-state index in [1.807, 2.05) is 60.1 Å². The van der Waals surface area contributed by atoms with Crippen LogP contribution in [0.2, 0.25) is 0 Å². The number of benzene rings is 2. The smallest absolute Gasteiger partial charge is 0.128 e. The molecule has 2 aromatic heterocycles. The molecule has 4 N–H and O–H groups in total. The van der Waals surface area contributed by atoms with E-state index in [1.165, 1.54) is 0 Å². The first-order valence-corrected chi connectivity index (χ1v) is 12.4. The number of aromatic nitrogens is 1. The summed E-state index contributed by atoms with van der Waals surface area (Å²) in [6, 6.07) is 17.9. The van der Waals surface area contributed by atoms with Crippen LogP contribution in [0.3, 0.4) is 0 Å². The van der Waals surface area contributed by atoms with Gasteiger partial charge < -0.3 is 30.0 Å². The molecule has 7 heteroatoms. The van der Waals surface area contributed by atoms with Gasteiger partial charge in [-0.25, -0.2) is 0 Å². The molecule has 0 fully saturated rings. The molecule has 0 aliphatic heterocycles. The quantitative estimate of drug-likeness (QED) is 0.238. The van der Waals surface area contributed by atoms with Gasteiger partial charge in [0.25, 0.3) is 0 Å². The van der Waals surface area contributed by atoms with Gasteiger partial charge in [-0.2, -0.15) is 0 Å². The second-order valence-electron chi connectivity index (χ2n) is 8.97. The molecule has 0 radical (unpaired) electrons. The molecule has 1 unspecified atom stereocenters. The van der Waals surface area contributed by atoms with Gasteiger partial charge in [-0.05, 0) is 67.6 Å². The summed E-state index contributed by atoms with van der Waals surface area (Å²) in [6.45, 7) is 5.14. The van der Waals surface area contributed by atoms with Crippen LogP contribution in [0.1, 0.15) is 19.4 Å². The SMILES string of the molecule is CC(C)(Cc1c[nH]c2ccc(OCCO)cc12)NCC(O)COc1ccccc1-c1cccs1. The number of rotatable bonds is 12. The lowest BCUT2D eigenvalue weighted by molar-refractivity contribution is 0.0991. The first-order valence-electron chi connectivity index (χ1n) is 11.5. The highest BCUT2D eigenvalue weighted by molar-refractivity contribution is 7.13. The van der Waals surface area contributed by atoms with Crippen molar-refractivity contribution >= 4 is 22.2 Å². The number of hydrogen-bond acceptors (Lipinski definition) is 6. The predicted octanol–water partition coefficient (Wildman–Crippen LogP) is 4.62. The highest BCUT2D eigenvalue weighted by atomic mass is 32.1. The van der Waals surface area contributed by atoms with Crippen LogP contribution >= 0.6 is 11.3 Å². The number of β-amino-alcohol motifs (C(OH)–C–C–N with tert-alkyl or cyclic N) is 1. The summed E-state index contributed by atoms with van der Waals surface area (Å²) < 4.78 is 11.5. The number of aliphatic hydroxyl groups is 2. The number of para-hydroxylation sites is 1. The van der Waals surface area contributed by atoms with E-state index >= 15 is 0 Å². The Labute approximate surface area is 204 Å². The molecule has 4 rings (SSSR count). The van der Waals surface area contributed by atoms with Crippen LogP contribution in [0.25, 0.3) is 21.3 Å². The summed E-state index contributed by atoms with van der Waals surface area (Å²) >= 11 is 1.67. The largest absolute Gasteiger partial charge is 0.491 e. The molecule has 4 aromatic rings. The van der Waals surface area contributed by atoms with E-state index in [2.05, 4.69) is 30.2 Å². The zero-order valence-electron chi connectivity index (χ0n) is 19.6. The van der Waals surface area contributed by atoms with Gasteiger partial charge in [0.05, 0.1) is 6.61 Å². The third-order valence-electron chi connectivity index (χ3n) is 5.65. The second kappa shape index (κ2) is 11.1. The van der Waals surface area contributed by atoms with E-state index in [0.717, 1.165) is 44.8 Å². The van der Waals surface area contributed by atoms with E-state index in [4.69, 9.17) is 14.6 Å². The summed E-state index contributed by atoms with van der Waals surface area (Å²) in [4.78, 5) is 4.46. The van der Waals surface area contributed by atoms with Crippen LogP contribution in [0.4, 0.5) is 0 Å². The molecule has 0 amide bonds.